The molecular formula is C22H23N3O3. The number of aromatic nitrogens is 2. The van der Waals surface area contributed by atoms with E-state index in [-0.39, 0.29) is 12.0 Å². The summed E-state index contributed by atoms with van der Waals surface area (Å²) in [5, 5.41) is 7.30. The second-order valence-electron chi connectivity index (χ2n) is 6.75. The van der Waals surface area contributed by atoms with Gasteiger partial charge in [-0.3, -0.25) is 4.79 Å². The molecule has 1 fully saturated rings. The van der Waals surface area contributed by atoms with Gasteiger partial charge < -0.3 is 14.8 Å². The van der Waals surface area contributed by atoms with Crippen LogP contribution in [0, 0.1) is 0 Å². The molecule has 0 bridgehead atoms. The molecule has 28 heavy (non-hydrogen) atoms. The summed E-state index contributed by atoms with van der Waals surface area (Å²) in [5.74, 6) is 0.408. The van der Waals surface area contributed by atoms with Gasteiger partial charge in [0.15, 0.2) is 0 Å². The molecule has 1 aromatic heterocycles. The van der Waals surface area contributed by atoms with Gasteiger partial charge in [-0.05, 0) is 37.1 Å². The fourth-order valence-corrected chi connectivity index (χ4v) is 3.19. The molecule has 0 radical (unpaired) electrons. The molecule has 3 aromatic rings. The molecule has 1 aliphatic rings. The van der Waals surface area contributed by atoms with Gasteiger partial charge in [0.05, 0.1) is 23.6 Å². The summed E-state index contributed by atoms with van der Waals surface area (Å²) in [7, 11) is 0. The number of amides is 1. The van der Waals surface area contributed by atoms with Crippen molar-refractivity contribution in [3.63, 3.8) is 0 Å². The smallest absolute Gasteiger partial charge is 0.255 e. The van der Waals surface area contributed by atoms with Crippen molar-refractivity contribution in [1.82, 2.24) is 15.1 Å². The third-order valence-electron chi connectivity index (χ3n) is 4.69. The first-order chi connectivity index (χ1) is 13.8. The van der Waals surface area contributed by atoms with Crippen molar-refractivity contribution in [2.24, 2.45) is 0 Å². The van der Waals surface area contributed by atoms with Crippen molar-refractivity contribution in [3.05, 3.63) is 78.1 Å². The quantitative estimate of drug-likeness (QED) is 0.686. The van der Waals surface area contributed by atoms with Crippen LogP contribution in [0.15, 0.2) is 67.0 Å². The number of hydrogen-bond acceptors (Lipinski definition) is 4. The van der Waals surface area contributed by atoms with E-state index in [0.29, 0.717) is 24.5 Å². The molecule has 1 saturated heterocycles. The Balaban J connectivity index is 1.37. The first kappa shape index (κ1) is 18.3. The van der Waals surface area contributed by atoms with Crippen LogP contribution >= 0.6 is 0 Å². The predicted octanol–water partition coefficient (Wildman–Crippen LogP) is 3.36. The third-order valence-corrected chi connectivity index (χ3v) is 4.69. The zero-order valence-electron chi connectivity index (χ0n) is 15.6. The number of para-hydroxylation sites is 2. The number of ether oxygens (including phenoxy) is 2. The average Bonchev–Trinajstić information content (AvgIpc) is 3.43. The number of carbonyl (C=O) groups is 1. The maximum Gasteiger partial charge on any atom is 0.255 e. The van der Waals surface area contributed by atoms with E-state index in [1.54, 1.807) is 16.9 Å². The summed E-state index contributed by atoms with van der Waals surface area (Å²) in [5.41, 5.74) is 2.43. The van der Waals surface area contributed by atoms with Gasteiger partial charge in [0.25, 0.3) is 5.91 Å². The number of nitrogens with zero attached hydrogens (tertiary/aromatic N) is 2. The van der Waals surface area contributed by atoms with Crippen LogP contribution in [0.4, 0.5) is 0 Å². The Morgan fingerprint density at radius 3 is 2.82 bits per heavy atom. The number of carbonyl (C=O) groups excluding carboxylic acids is 1. The predicted molar refractivity (Wildman–Crippen MR) is 106 cm³/mol. The normalized spacial score (nSPS) is 16.1. The first-order valence-corrected chi connectivity index (χ1v) is 9.50. The summed E-state index contributed by atoms with van der Waals surface area (Å²) in [4.78, 5) is 12.7. The summed E-state index contributed by atoms with van der Waals surface area (Å²) in [6.07, 6.45) is 5.84. The lowest BCUT2D eigenvalue weighted by Gasteiger charge is -2.14. The highest BCUT2D eigenvalue weighted by molar-refractivity contribution is 5.96. The molecule has 1 amide bonds. The molecule has 2 aromatic carbocycles. The molecule has 1 N–H and O–H groups in total. The lowest BCUT2D eigenvalue weighted by molar-refractivity contribution is 0.0670. The van der Waals surface area contributed by atoms with Crippen molar-refractivity contribution < 1.29 is 14.3 Å². The van der Waals surface area contributed by atoms with Gasteiger partial charge in [-0.2, -0.15) is 5.10 Å². The van der Waals surface area contributed by atoms with Gasteiger partial charge in [-0.1, -0.05) is 30.3 Å². The SMILES string of the molecule is O=C(NCc1cnn(-c2ccccc2)c1)c1ccccc1OC[C@H]1CCCO1. The molecule has 0 saturated carbocycles. The fraction of sp³-hybridized carbons (Fsp3) is 0.273. The van der Waals surface area contributed by atoms with Gasteiger partial charge in [-0.15, -0.1) is 0 Å². The fourth-order valence-electron chi connectivity index (χ4n) is 3.19. The molecule has 4 rings (SSSR count). The van der Waals surface area contributed by atoms with Gasteiger partial charge in [0, 0.05) is 24.9 Å². The standard InChI is InChI=1S/C22H23N3O3/c26-22(20-10-4-5-11-21(20)28-16-19-9-6-12-27-19)23-13-17-14-24-25(15-17)18-7-2-1-3-8-18/h1-5,7-8,10-11,14-15,19H,6,9,12-13,16H2,(H,23,26)/t19-/m1/s1. The number of nitrogens with one attached hydrogen (secondary N) is 1. The van der Waals surface area contributed by atoms with Crippen molar-refractivity contribution >= 4 is 5.91 Å². The van der Waals surface area contributed by atoms with Crippen LogP contribution in [-0.4, -0.2) is 35.0 Å². The van der Waals surface area contributed by atoms with E-state index in [2.05, 4.69) is 10.4 Å². The highest BCUT2D eigenvalue weighted by Gasteiger charge is 2.18. The Morgan fingerprint density at radius 1 is 1.18 bits per heavy atom. The molecule has 1 atom stereocenters. The molecule has 6 nitrogen and oxygen atoms in total. The highest BCUT2D eigenvalue weighted by Crippen LogP contribution is 2.20. The lowest BCUT2D eigenvalue weighted by Crippen LogP contribution is -2.24. The van der Waals surface area contributed by atoms with Gasteiger partial charge in [0.2, 0.25) is 0 Å². The molecule has 1 aliphatic heterocycles. The van der Waals surface area contributed by atoms with Crippen molar-refractivity contribution in [3.8, 4) is 11.4 Å². The van der Waals surface area contributed by atoms with Crippen LogP contribution in [0.1, 0.15) is 28.8 Å². The maximum absolute atomic E-state index is 12.7. The Bertz CT molecular complexity index is 918. The minimum Gasteiger partial charge on any atom is -0.490 e. The molecule has 144 valence electrons. The minimum atomic E-state index is -0.171. The van der Waals surface area contributed by atoms with Crippen LogP contribution < -0.4 is 10.1 Å². The van der Waals surface area contributed by atoms with Crippen molar-refractivity contribution in [2.45, 2.75) is 25.5 Å². The number of hydrogen-bond donors (Lipinski definition) is 1. The minimum absolute atomic E-state index is 0.111. The summed E-state index contributed by atoms with van der Waals surface area (Å²) in [6.45, 7) is 1.65. The zero-order valence-corrected chi connectivity index (χ0v) is 15.6. The van der Waals surface area contributed by atoms with Crippen LogP contribution in [0.3, 0.4) is 0 Å². The van der Waals surface area contributed by atoms with Gasteiger partial charge in [-0.25, -0.2) is 4.68 Å². The van der Waals surface area contributed by atoms with E-state index < -0.39 is 0 Å². The van der Waals surface area contributed by atoms with Crippen molar-refractivity contribution in [1.29, 1.82) is 0 Å². The Kier molecular flexibility index (Phi) is 5.68. The molecule has 0 unspecified atom stereocenters. The molecule has 6 heteroatoms. The zero-order chi connectivity index (χ0) is 19.2. The van der Waals surface area contributed by atoms with Crippen LogP contribution in [0.5, 0.6) is 5.75 Å². The van der Waals surface area contributed by atoms with E-state index in [1.165, 1.54) is 0 Å². The van der Waals surface area contributed by atoms with Crippen LogP contribution in [-0.2, 0) is 11.3 Å². The first-order valence-electron chi connectivity index (χ1n) is 9.50. The van der Waals surface area contributed by atoms with Gasteiger partial charge >= 0.3 is 0 Å². The summed E-state index contributed by atoms with van der Waals surface area (Å²) in [6, 6.07) is 17.1. The van der Waals surface area contributed by atoms with Crippen LogP contribution in [0.25, 0.3) is 5.69 Å². The summed E-state index contributed by atoms with van der Waals surface area (Å²) >= 11 is 0. The number of benzene rings is 2. The monoisotopic (exact) mass is 377 g/mol. The average molecular weight is 377 g/mol. The number of rotatable bonds is 7. The second-order valence-corrected chi connectivity index (χ2v) is 6.75. The van der Waals surface area contributed by atoms with E-state index in [4.69, 9.17) is 9.47 Å². The van der Waals surface area contributed by atoms with Crippen molar-refractivity contribution in [2.75, 3.05) is 13.2 Å². The van der Waals surface area contributed by atoms with E-state index >= 15 is 0 Å². The Morgan fingerprint density at radius 2 is 2.00 bits per heavy atom. The Labute approximate surface area is 164 Å². The molecular weight excluding hydrogens is 354 g/mol. The largest absolute Gasteiger partial charge is 0.490 e. The second kappa shape index (κ2) is 8.71. The topological polar surface area (TPSA) is 65.4 Å². The maximum atomic E-state index is 12.7. The van der Waals surface area contributed by atoms with E-state index in [0.717, 1.165) is 30.7 Å². The lowest BCUT2D eigenvalue weighted by atomic mass is 10.2. The molecule has 0 spiro atoms. The summed E-state index contributed by atoms with van der Waals surface area (Å²) < 4.78 is 13.2. The highest BCUT2D eigenvalue weighted by atomic mass is 16.5. The van der Waals surface area contributed by atoms with E-state index in [9.17, 15) is 4.79 Å². The van der Waals surface area contributed by atoms with Crippen LogP contribution in [0.2, 0.25) is 0 Å². The van der Waals surface area contributed by atoms with E-state index in [1.807, 2.05) is 54.7 Å². The molecule has 2 heterocycles. The van der Waals surface area contributed by atoms with Gasteiger partial charge in [0.1, 0.15) is 12.4 Å². The third kappa shape index (κ3) is 4.40. The molecule has 0 aliphatic carbocycles. The Hall–Kier alpha value is -3.12.